The molecule has 2 rings (SSSR count). The van der Waals surface area contributed by atoms with Gasteiger partial charge < -0.3 is 16.2 Å². The maximum Gasteiger partial charge on any atom is 0.316 e. The minimum atomic E-state index is -0.566. The fourth-order valence-electron chi connectivity index (χ4n) is 1.55. The highest BCUT2D eigenvalue weighted by Crippen LogP contribution is 2.38. The maximum absolute atomic E-state index is 10.6. The lowest BCUT2D eigenvalue weighted by atomic mass is 10.1. The van der Waals surface area contributed by atoms with Gasteiger partial charge in [-0.05, 0) is 30.5 Å². The van der Waals surface area contributed by atoms with Gasteiger partial charge in [0, 0.05) is 12.1 Å². The van der Waals surface area contributed by atoms with Crippen molar-refractivity contribution in [1.82, 2.24) is 0 Å². The first-order valence-electron chi connectivity index (χ1n) is 4.95. The highest BCUT2D eigenvalue weighted by molar-refractivity contribution is 5.87. The van der Waals surface area contributed by atoms with E-state index in [2.05, 4.69) is 5.32 Å². The largest absolute Gasteiger partial charge is 0.390 e. The van der Waals surface area contributed by atoms with Crippen LogP contribution in [0.4, 0.5) is 10.5 Å². The molecule has 15 heavy (non-hydrogen) atoms. The number of primary amides is 1. The van der Waals surface area contributed by atoms with Crippen molar-refractivity contribution in [2.45, 2.75) is 24.9 Å². The average Bonchev–Trinajstić information content (AvgIpc) is 2.86. The third-order valence-corrected chi connectivity index (χ3v) is 2.58. The summed E-state index contributed by atoms with van der Waals surface area (Å²) < 4.78 is 0. The van der Waals surface area contributed by atoms with Crippen molar-refractivity contribution in [2.75, 3.05) is 5.32 Å². The van der Waals surface area contributed by atoms with Gasteiger partial charge in [0.2, 0.25) is 0 Å². The van der Waals surface area contributed by atoms with Crippen molar-refractivity contribution >= 4 is 11.7 Å². The molecule has 1 aliphatic carbocycles. The first-order chi connectivity index (χ1) is 7.07. The Balaban J connectivity index is 2.00. The number of amides is 2. The standard InChI is InChI=1S/C11H14N2O2/c12-10(14)13-9-3-1-8(2-4-9)7-11(15)5-6-11/h1-4,15H,5-7H2,(H3,12,13,14). The van der Waals surface area contributed by atoms with E-state index in [4.69, 9.17) is 5.73 Å². The van der Waals surface area contributed by atoms with Gasteiger partial charge in [0.1, 0.15) is 0 Å². The Kier molecular flexibility index (Phi) is 2.36. The summed E-state index contributed by atoms with van der Waals surface area (Å²) in [7, 11) is 0. The molecule has 0 saturated heterocycles. The van der Waals surface area contributed by atoms with Crippen LogP contribution in [0, 0.1) is 0 Å². The third-order valence-electron chi connectivity index (χ3n) is 2.58. The highest BCUT2D eigenvalue weighted by Gasteiger charge is 2.39. The number of nitrogens with one attached hydrogen (secondary N) is 1. The number of carbonyl (C=O) groups is 1. The van der Waals surface area contributed by atoms with Gasteiger partial charge in [-0.1, -0.05) is 12.1 Å². The van der Waals surface area contributed by atoms with E-state index in [0.717, 1.165) is 18.4 Å². The number of benzene rings is 1. The second-order valence-corrected chi connectivity index (χ2v) is 4.09. The zero-order valence-electron chi connectivity index (χ0n) is 8.36. The van der Waals surface area contributed by atoms with Crippen LogP contribution < -0.4 is 11.1 Å². The minimum Gasteiger partial charge on any atom is -0.390 e. The molecule has 0 aromatic heterocycles. The molecule has 1 fully saturated rings. The van der Waals surface area contributed by atoms with Crippen molar-refractivity contribution in [2.24, 2.45) is 5.73 Å². The van der Waals surface area contributed by atoms with Crippen LogP contribution in [0.3, 0.4) is 0 Å². The van der Waals surface area contributed by atoms with E-state index in [-0.39, 0.29) is 0 Å². The lowest BCUT2D eigenvalue weighted by Crippen LogP contribution is -2.19. The van der Waals surface area contributed by atoms with Crippen LogP contribution in [0.5, 0.6) is 0 Å². The van der Waals surface area contributed by atoms with Gasteiger partial charge in [-0.15, -0.1) is 0 Å². The summed E-state index contributed by atoms with van der Waals surface area (Å²) in [6, 6.07) is 6.78. The summed E-state index contributed by atoms with van der Waals surface area (Å²) in [5.41, 5.74) is 6.26. The molecule has 2 amide bonds. The van der Waals surface area contributed by atoms with E-state index in [1.165, 1.54) is 0 Å². The van der Waals surface area contributed by atoms with Gasteiger partial charge >= 0.3 is 6.03 Å². The van der Waals surface area contributed by atoms with Crippen molar-refractivity contribution in [1.29, 1.82) is 0 Å². The van der Waals surface area contributed by atoms with E-state index in [0.29, 0.717) is 12.1 Å². The van der Waals surface area contributed by atoms with E-state index in [1.54, 1.807) is 12.1 Å². The van der Waals surface area contributed by atoms with E-state index in [1.807, 2.05) is 12.1 Å². The molecule has 0 heterocycles. The zero-order chi connectivity index (χ0) is 10.9. The molecule has 0 radical (unpaired) electrons. The van der Waals surface area contributed by atoms with Gasteiger partial charge in [0.15, 0.2) is 0 Å². The molecule has 1 saturated carbocycles. The molecule has 0 unspecified atom stereocenters. The summed E-state index contributed by atoms with van der Waals surface area (Å²) in [5.74, 6) is 0. The summed E-state index contributed by atoms with van der Waals surface area (Å²) in [4.78, 5) is 10.6. The number of anilines is 1. The maximum atomic E-state index is 10.6. The van der Waals surface area contributed by atoms with Crippen molar-refractivity contribution in [3.8, 4) is 0 Å². The van der Waals surface area contributed by atoms with Crippen LogP contribution in [-0.4, -0.2) is 16.7 Å². The first kappa shape index (κ1) is 9.98. The molecular formula is C11H14N2O2. The van der Waals surface area contributed by atoms with Gasteiger partial charge in [-0.25, -0.2) is 4.79 Å². The molecule has 0 bridgehead atoms. The number of rotatable bonds is 3. The molecule has 1 aromatic carbocycles. The van der Waals surface area contributed by atoms with Crippen LogP contribution in [0.25, 0.3) is 0 Å². The van der Waals surface area contributed by atoms with Crippen LogP contribution in [0.15, 0.2) is 24.3 Å². The van der Waals surface area contributed by atoms with Crippen LogP contribution in [0.2, 0.25) is 0 Å². The molecule has 4 N–H and O–H groups in total. The van der Waals surface area contributed by atoms with Gasteiger partial charge in [0.05, 0.1) is 5.60 Å². The SMILES string of the molecule is NC(=O)Nc1ccc(CC2(O)CC2)cc1. The lowest BCUT2D eigenvalue weighted by Gasteiger charge is -2.08. The molecule has 80 valence electrons. The summed E-state index contributed by atoms with van der Waals surface area (Å²) in [5, 5.41) is 12.2. The summed E-state index contributed by atoms with van der Waals surface area (Å²) in [6.45, 7) is 0. The summed E-state index contributed by atoms with van der Waals surface area (Å²) in [6.07, 6.45) is 2.45. The van der Waals surface area contributed by atoms with E-state index >= 15 is 0 Å². The lowest BCUT2D eigenvalue weighted by molar-refractivity contribution is 0.151. The Morgan fingerprint density at radius 1 is 1.40 bits per heavy atom. The Labute approximate surface area is 88.1 Å². The number of carbonyl (C=O) groups excluding carboxylic acids is 1. The molecule has 1 aliphatic rings. The smallest absolute Gasteiger partial charge is 0.316 e. The Morgan fingerprint density at radius 2 is 2.00 bits per heavy atom. The van der Waals surface area contributed by atoms with Crippen molar-refractivity contribution in [3.63, 3.8) is 0 Å². The minimum absolute atomic E-state index is 0.474. The quantitative estimate of drug-likeness (QED) is 0.696. The van der Waals surface area contributed by atoms with Crippen LogP contribution in [0.1, 0.15) is 18.4 Å². The molecule has 0 atom stereocenters. The Bertz CT molecular complexity index is 369. The Hall–Kier alpha value is -1.55. The first-order valence-corrected chi connectivity index (χ1v) is 4.95. The molecule has 4 heteroatoms. The van der Waals surface area contributed by atoms with E-state index < -0.39 is 11.6 Å². The third kappa shape index (κ3) is 2.70. The topological polar surface area (TPSA) is 75.4 Å². The molecule has 4 nitrogen and oxygen atoms in total. The predicted octanol–water partition coefficient (Wildman–Crippen LogP) is 1.24. The van der Waals surface area contributed by atoms with Gasteiger partial charge in [0.25, 0.3) is 0 Å². The zero-order valence-corrected chi connectivity index (χ0v) is 8.36. The number of nitrogens with two attached hydrogens (primary N) is 1. The van der Waals surface area contributed by atoms with E-state index in [9.17, 15) is 9.90 Å². The highest BCUT2D eigenvalue weighted by atomic mass is 16.3. The second-order valence-electron chi connectivity index (χ2n) is 4.09. The van der Waals surface area contributed by atoms with Gasteiger partial charge in [-0.2, -0.15) is 0 Å². The van der Waals surface area contributed by atoms with Crippen molar-refractivity contribution < 1.29 is 9.90 Å². The Morgan fingerprint density at radius 3 is 2.47 bits per heavy atom. The molecule has 0 aliphatic heterocycles. The van der Waals surface area contributed by atoms with Gasteiger partial charge in [-0.3, -0.25) is 0 Å². The normalized spacial score (nSPS) is 17.1. The number of hydrogen-bond acceptors (Lipinski definition) is 2. The number of urea groups is 1. The van der Waals surface area contributed by atoms with Crippen LogP contribution >= 0.6 is 0 Å². The fraction of sp³-hybridized carbons (Fsp3) is 0.364. The molecule has 0 spiro atoms. The second kappa shape index (κ2) is 3.55. The fourth-order valence-corrected chi connectivity index (χ4v) is 1.55. The monoisotopic (exact) mass is 206 g/mol. The average molecular weight is 206 g/mol. The molecule has 1 aromatic rings. The number of hydrogen-bond donors (Lipinski definition) is 3. The number of aliphatic hydroxyl groups is 1. The van der Waals surface area contributed by atoms with Crippen LogP contribution in [-0.2, 0) is 6.42 Å². The van der Waals surface area contributed by atoms with Crippen molar-refractivity contribution in [3.05, 3.63) is 29.8 Å². The predicted molar refractivity (Wildman–Crippen MR) is 57.5 cm³/mol. The molecular weight excluding hydrogens is 192 g/mol. The summed E-state index contributed by atoms with van der Waals surface area (Å²) >= 11 is 0.